The first-order chi connectivity index (χ1) is 11.0. The predicted molar refractivity (Wildman–Crippen MR) is 85.7 cm³/mol. The second-order valence-electron chi connectivity index (χ2n) is 6.28. The molecular weight excluding hydrogens is 296 g/mol. The number of likely N-dealkylation sites (tertiary alicyclic amines) is 1. The maximum atomic E-state index is 11.7. The molecule has 2 heterocycles. The van der Waals surface area contributed by atoms with Crippen LogP contribution in [-0.2, 0) is 16.0 Å². The van der Waals surface area contributed by atoms with E-state index in [-0.39, 0.29) is 11.8 Å². The van der Waals surface area contributed by atoms with Crippen LogP contribution in [0.15, 0.2) is 18.2 Å². The van der Waals surface area contributed by atoms with Crippen LogP contribution in [0.2, 0.25) is 0 Å². The number of ether oxygens (including phenoxy) is 1. The highest BCUT2D eigenvalue weighted by Crippen LogP contribution is 2.30. The molecule has 0 radical (unpaired) electrons. The van der Waals surface area contributed by atoms with Crippen molar-refractivity contribution in [3.05, 3.63) is 23.8 Å². The molecule has 0 aromatic heterocycles. The van der Waals surface area contributed by atoms with Crippen molar-refractivity contribution in [2.75, 3.05) is 25.0 Å². The number of nitrogens with one attached hydrogen (secondary N) is 1. The molecule has 0 saturated carbocycles. The minimum absolute atomic E-state index is 0.120. The Labute approximate surface area is 135 Å². The van der Waals surface area contributed by atoms with Gasteiger partial charge in [-0.25, -0.2) is 0 Å². The Balaban J connectivity index is 1.55. The van der Waals surface area contributed by atoms with Crippen LogP contribution < -0.4 is 10.1 Å². The molecule has 0 bridgehead atoms. The highest BCUT2D eigenvalue weighted by molar-refractivity contribution is 5.97. The number of carboxylic acid groups (broad SMARTS) is 1. The highest BCUT2D eigenvalue weighted by atomic mass is 16.5. The topological polar surface area (TPSA) is 78.9 Å². The smallest absolute Gasteiger partial charge is 0.306 e. The third-order valence-electron chi connectivity index (χ3n) is 4.63. The van der Waals surface area contributed by atoms with E-state index < -0.39 is 12.1 Å². The molecule has 1 unspecified atom stereocenters. The fourth-order valence-electron chi connectivity index (χ4n) is 3.10. The van der Waals surface area contributed by atoms with Crippen molar-refractivity contribution in [3.8, 4) is 5.75 Å². The van der Waals surface area contributed by atoms with Crippen LogP contribution in [0.5, 0.6) is 5.75 Å². The van der Waals surface area contributed by atoms with E-state index >= 15 is 0 Å². The number of benzene rings is 1. The number of anilines is 1. The van der Waals surface area contributed by atoms with Gasteiger partial charge in [0.05, 0.1) is 11.6 Å². The summed E-state index contributed by atoms with van der Waals surface area (Å²) >= 11 is 0. The molecule has 6 nitrogen and oxygen atoms in total. The molecule has 2 aliphatic rings. The van der Waals surface area contributed by atoms with Crippen molar-refractivity contribution in [1.82, 2.24) is 4.90 Å². The number of rotatable bonds is 4. The molecule has 124 valence electrons. The van der Waals surface area contributed by atoms with Crippen molar-refractivity contribution in [1.29, 1.82) is 0 Å². The second kappa shape index (κ2) is 6.58. The Morgan fingerprint density at radius 2 is 2.13 bits per heavy atom. The van der Waals surface area contributed by atoms with Crippen molar-refractivity contribution in [2.24, 2.45) is 5.92 Å². The fraction of sp³-hybridized carbons (Fsp3) is 0.529. The van der Waals surface area contributed by atoms with E-state index in [2.05, 4.69) is 10.2 Å². The van der Waals surface area contributed by atoms with Gasteiger partial charge in [0.15, 0.2) is 6.10 Å². The Morgan fingerprint density at radius 3 is 2.83 bits per heavy atom. The lowest BCUT2D eigenvalue weighted by Crippen LogP contribution is -2.37. The number of amides is 1. The van der Waals surface area contributed by atoms with E-state index in [0.717, 1.165) is 50.1 Å². The number of piperidine rings is 1. The lowest BCUT2D eigenvalue weighted by atomic mass is 9.97. The van der Waals surface area contributed by atoms with Gasteiger partial charge in [0.25, 0.3) is 5.91 Å². The minimum atomic E-state index is -0.677. The quantitative estimate of drug-likeness (QED) is 0.884. The number of fused-ring (bicyclic) bond motifs is 1. The van der Waals surface area contributed by atoms with Gasteiger partial charge < -0.3 is 20.1 Å². The number of carbonyl (C=O) groups is 2. The third kappa shape index (κ3) is 3.64. The van der Waals surface area contributed by atoms with Gasteiger partial charge in [0, 0.05) is 6.54 Å². The van der Waals surface area contributed by atoms with Gasteiger partial charge in [-0.15, -0.1) is 0 Å². The van der Waals surface area contributed by atoms with Crippen LogP contribution in [0.1, 0.15) is 25.3 Å². The van der Waals surface area contributed by atoms with Gasteiger partial charge in [0.2, 0.25) is 0 Å². The van der Waals surface area contributed by atoms with E-state index in [1.807, 2.05) is 18.2 Å². The molecule has 1 atom stereocenters. The minimum Gasteiger partial charge on any atom is -0.481 e. The molecule has 6 heteroatoms. The second-order valence-corrected chi connectivity index (χ2v) is 6.28. The van der Waals surface area contributed by atoms with Gasteiger partial charge >= 0.3 is 5.97 Å². The van der Waals surface area contributed by atoms with Gasteiger partial charge in [0.1, 0.15) is 5.75 Å². The maximum Gasteiger partial charge on any atom is 0.306 e. The van der Waals surface area contributed by atoms with Crippen molar-refractivity contribution >= 4 is 17.6 Å². The lowest BCUT2D eigenvalue weighted by molar-refractivity contribution is -0.143. The van der Waals surface area contributed by atoms with Gasteiger partial charge in [-0.05, 0) is 57.0 Å². The number of carbonyl (C=O) groups excluding carboxylic acids is 1. The van der Waals surface area contributed by atoms with Crippen molar-refractivity contribution in [2.45, 2.75) is 32.3 Å². The van der Waals surface area contributed by atoms with Crippen LogP contribution in [0, 0.1) is 5.92 Å². The average Bonchev–Trinajstić information content (AvgIpc) is 2.54. The van der Waals surface area contributed by atoms with E-state index in [0.29, 0.717) is 5.75 Å². The van der Waals surface area contributed by atoms with Gasteiger partial charge in [-0.3, -0.25) is 9.59 Å². The summed E-state index contributed by atoms with van der Waals surface area (Å²) in [5.41, 5.74) is 1.87. The standard InChI is InChI=1S/C17H22N2O4/c1-11-16(20)18-14-10-12(2-3-15(14)23-11)4-7-19-8-5-13(6-9-19)17(21)22/h2-3,10-11,13H,4-9H2,1H3,(H,18,20)(H,21,22). The monoisotopic (exact) mass is 318 g/mol. The average molecular weight is 318 g/mol. The maximum absolute atomic E-state index is 11.7. The first-order valence-electron chi connectivity index (χ1n) is 8.08. The summed E-state index contributed by atoms with van der Waals surface area (Å²) in [5, 5.41) is 11.9. The zero-order chi connectivity index (χ0) is 16.4. The number of aliphatic carboxylic acids is 1. The summed E-state index contributed by atoms with van der Waals surface area (Å²) < 4.78 is 5.55. The van der Waals surface area contributed by atoms with Crippen molar-refractivity contribution in [3.63, 3.8) is 0 Å². The highest BCUT2D eigenvalue weighted by Gasteiger charge is 2.25. The van der Waals surface area contributed by atoms with Gasteiger partial charge in [-0.1, -0.05) is 6.07 Å². The molecule has 1 aromatic carbocycles. The van der Waals surface area contributed by atoms with Gasteiger partial charge in [-0.2, -0.15) is 0 Å². The summed E-state index contributed by atoms with van der Waals surface area (Å²) in [5.74, 6) is -0.276. The molecule has 0 aliphatic carbocycles. The molecule has 1 amide bonds. The first kappa shape index (κ1) is 15.8. The van der Waals surface area contributed by atoms with Crippen LogP contribution in [0.4, 0.5) is 5.69 Å². The number of nitrogens with zero attached hydrogens (tertiary/aromatic N) is 1. The molecular formula is C17H22N2O4. The predicted octanol–water partition coefficient (Wildman–Crippen LogP) is 1.75. The number of carboxylic acids is 1. The molecule has 23 heavy (non-hydrogen) atoms. The summed E-state index contributed by atoms with van der Waals surface area (Å²) in [7, 11) is 0. The summed E-state index contributed by atoms with van der Waals surface area (Å²) in [4.78, 5) is 24.9. The Bertz CT molecular complexity index is 609. The zero-order valence-corrected chi connectivity index (χ0v) is 13.2. The molecule has 2 N–H and O–H groups in total. The van der Waals surface area contributed by atoms with Crippen LogP contribution in [0.3, 0.4) is 0 Å². The number of hydrogen-bond donors (Lipinski definition) is 2. The molecule has 1 fully saturated rings. The molecule has 0 spiro atoms. The summed E-state index contributed by atoms with van der Waals surface area (Å²) in [6.45, 7) is 4.29. The summed E-state index contributed by atoms with van der Waals surface area (Å²) in [6, 6.07) is 5.88. The lowest BCUT2D eigenvalue weighted by Gasteiger charge is -2.30. The first-order valence-corrected chi connectivity index (χ1v) is 8.08. The van der Waals surface area contributed by atoms with E-state index in [9.17, 15) is 9.59 Å². The zero-order valence-electron chi connectivity index (χ0n) is 13.2. The van der Waals surface area contributed by atoms with Crippen molar-refractivity contribution < 1.29 is 19.4 Å². The molecule has 1 aromatic rings. The molecule has 3 rings (SSSR count). The summed E-state index contributed by atoms with van der Waals surface area (Å²) in [6.07, 6.45) is 1.86. The normalized spacial score (nSPS) is 22.1. The van der Waals surface area contributed by atoms with Crippen LogP contribution >= 0.6 is 0 Å². The van der Waals surface area contributed by atoms with Crippen LogP contribution in [-0.4, -0.2) is 47.6 Å². The molecule has 1 saturated heterocycles. The third-order valence-corrected chi connectivity index (χ3v) is 4.63. The largest absolute Gasteiger partial charge is 0.481 e. The van der Waals surface area contributed by atoms with E-state index in [4.69, 9.17) is 9.84 Å². The molecule has 2 aliphatic heterocycles. The van der Waals surface area contributed by atoms with Crippen LogP contribution in [0.25, 0.3) is 0 Å². The SMILES string of the molecule is CC1Oc2ccc(CCN3CCC(C(=O)O)CC3)cc2NC1=O. The van der Waals surface area contributed by atoms with E-state index in [1.165, 1.54) is 0 Å². The Morgan fingerprint density at radius 1 is 1.39 bits per heavy atom. The Hall–Kier alpha value is -2.08. The number of hydrogen-bond acceptors (Lipinski definition) is 4. The van der Waals surface area contributed by atoms with E-state index in [1.54, 1.807) is 6.92 Å². The Kier molecular flexibility index (Phi) is 4.52. The fourth-order valence-corrected chi connectivity index (χ4v) is 3.10.